The summed E-state index contributed by atoms with van der Waals surface area (Å²) in [6.45, 7) is 4.96. The number of aliphatic carboxylic acids is 1. The van der Waals surface area contributed by atoms with Gasteiger partial charge in [0.25, 0.3) is 0 Å². The molecule has 1 heterocycles. The van der Waals surface area contributed by atoms with Crippen molar-refractivity contribution in [2.45, 2.75) is 26.8 Å². The van der Waals surface area contributed by atoms with Crippen molar-refractivity contribution in [2.24, 2.45) is 11.1 Å². The molecule has 3 N–H and O–H groups in total. The first kappa shape index (κ1) is 10.8. The van der Waals surface area contributed by atoms with Crippen LogP contribution in [0.15, 0.2) is 16.5 Å². The van der Waals surface area contributed by atoms with Gasteiger partial charge >= 0.3 is 5.97 Å². The van der Waals surface area contributed by atoms with Crippen molar-refractivity contribution in [2.75, 3.05) is 0 Å². The van der Waals surface area contributed by atoms with Gasteiger partial charge in [-0.1, -0.05) is 0 Å². The van der Waals surface area contributed by atoms with Crippen molar-refractivity contribution in [1.82, 2.24) is 0 Å². The molecule has 0 radical (unpaired) electrons. The Labute approximate surface area is 82.7 Å². The van der Waals surface area contributed by atoms with Gasteiger partial charge in [-0.25, -0.2) is 0 Å². The lowest BCUT2D eigenvalue weighted by atomic mass is 9.84. The zero-order valence-corrected chi connectivity index (χ0v) is 8.57. The molecule has 0 aliphatic carbocycles. The Morgan fingerprint density at radius 1 is 1.57 bits per heavy atom. The second-order valence-electron chi connectivity index (χ2n) is 3.95. The number of rotatable bonds is 3. The van der Waals surface area contributed by atoms with Gasteiger partial charge in [0.1, 0.15) is 11.5 Å². The van der Waals surface area contributed by atoms with Crippen LogP contribution in [0, 0.1) is 12.3 Å². The van der Waals surface area contributed by atoms with Crippen molar-refractivity contribution in [3.05, 3.63) is 23.7 Å². The van der Waals surface area contributed by atoms with Gasteiger partial charge in [-0.3, -0.25) is 4.79 Å². The van der Waals surface area contributed by atoms with Crippen LogP contribution in [0.2, 0.25) is 0 Å². The zero-order valence-electron chi connectivity index (χ0n) is 8.57. The number of nitrogens with two attached hydrogens (primary N) is 1. The topological polar surface area (TPSA) is 76.5 Å². The van der Waals surface area contributed by atoms with E-state index in [2.05, 4.69) is 0 Å². The molecule has 14 heavy (non-hydrogen) atoms. The van der Waals surface area contributed by atoms with Crippen LogP contribution in [0.25, 0.3) is 0 Å². The second kappa shape index (κ2) is 3.46. The average Bonchev–Trinajstić information content (AvgIpc) is 2.50. The lowest BCUT2D eigenvalue weighted by molar-refractivity contribution is -0.148. The zero-order chi connectivity index (χ0) is 10.9. The number of furan rings is 1. The van der Waals surface area contributed by atoms with E-state index < -0.39 is 17.4 Å². The number of carbonyl (C=O) groups is 1. The molecule has 1 atom stereocenters. The molecule has 1 aromatic rings. The van der Waals surface area contributed by atoms with E-state index in [4.69, 9.17) is 15.3 Å². The second-order valence-corrected chi connectivity index (χ2v) is 3.95. The Balaban J connectivity index is 2.95. The monoisotopic (exact) mass is 197 g/mol. The number of carboxylic acid groups (broad SMARTS) is 1. The molecule has 0 aliphatic rings. The third-order valence-corrected chi connectivity index (χ3v) is 2.40. The maximum absolute atomic E-state index is 10.9. The van der Waals surface area contributed by atoms with Crippen LogP contribution in [0.4, 0.5) is 0 Å². The third kappa shape index (κ3) is 1.80. The molecule has 1 aromatic heterocycles. The molecule has 0 fully saturated rings. The lowest BCUT2D eigenvalue weighted by Gasteiger charge is -2.25. The first-order valence-corrected chi connectivity index (χ1v) is 4.41. The fourth-order valence-electron chi connectivity index (χ4n) is 1.11. The summed E-state index contributed by atoms with van der Waals surface area (Å²) in [5.41, 5.74) is 4.79. The summed E-state index contributed by atoms with van der Waals surface area (Å²) < 4.78 is 5.29. The molecule has 0 saturated carbocycles. The molecule has 4 heteroatoms. The van der Waals surface area contributed by atoms with Crippen molar-refractivity contribution >= 4 is 5.97 Å². The predicted octanol–water partition coefficient (Wildman–Crippen LogP) is 1.70. The highest BCUT2D eigenvalue weighted by Gasteiger charge is 2.37. The molecule has 0 spiro atoms. The Morgan fingerprint density at radius 2 is 2.14 bits per heavy atom. The molecule has 0 aromatic carbocycles. The van der Waals surface area contributed by atoms with Crippen molar-refractivity contribution in [3.63, 3.8) is 0 Å². The summed E-state index contributed by atoms with van der Waals surface area (Å²) in [6, 6.07) is 2.85. The quantitative estimate of drug-likeness (QED) is 0.773. The largest absolute Gasteiger partial charge is 0.481 e. The Bertz CT molecular complexity index is 341. The highest BCUT2D eigenvalue weighted by Crippen LogP contribution is 2.32. The lowest BCUT2D eigenvalue weighted by Crippen LogP contribution is -2.36. The summed E-state index contributed by atoms with van der Waals surface area (Å²) in [5.74, 6) is 0.311. The van der Waals surface area contributed by atoms with E-state index in [-0.39, 0.29) is 0 Å². The van der Waals surface area contributed by atoms with Gasteiger partial charge in [0.2, 0.25) is 0 Å². The number of aryl methyl sites for hydroxylation is 1. The minimum atomic E-state index is -1.02. The average molecular weight is 197 g/mol. The molecule has 78 valence electrons. The predicted molar refractivity (Wildman–Crippen MR) is 51.8 cm³/mol. The van der Waals surface area contributed by atoms with Crippen LogP contribution in [-0.2, 0) is 4.79 Å². The van der Waals surface area contributed by atoms with Crippen molar-refractivity contribution in [1.29, 1.82) is 0 Å². The Kier molecular flexibility index (Phi) is 2.66. The van der Waals surface area contributed by atoms with Crippen LogP contribution in [0.5, 0.6) is 0 Å². The van der Waals surface area contributed by atoms with E-state index in [1.165, 1.54) is 0 Å². The molecular formula is C10H15NO3. The molecular weight excluding hydrogens is 182 g/mol. The molecule has 0 saturated heterocycles. The van der Waals surface area contributed by atoms with E-state index in [1.807, 2.05) is 0 Å². The molecule has 4 nitrogen and oxygen atoms in total. The highest BCUT2D eigenvalue weighted by molar-refractivity contribution is 5.74. The van der Waals surface area contributed by atoms with E-state index >= 15 is 0 Å². The first-order valence-electron chi connectivity index (χ1n) is 4.41. The third-order valence-electron chi connectivity index (χ3n) is 2.40. The fraction of sp³-hybridized carbons (Fsp3) is 0.500. The standard InChI is InChI=1S/C10H15NO3/c1-6-4-5-7(14-6)8(11)10(2,3)9(12)13/h4-5,8H,11H2,1-3H3,(H,12,13). The van der Waals surface area contributed by atoms with Crippen molar-refractivity contribution < 1.29 is 14.3 Å². The Hall–Kier alpha value is -1.29. The maximum Gasteiger partial charge on any atom is 0.311 e. The number of hydrogen-bond acceptors (Lipinski definition) is 3. The van der Waals surface area contributed by atoms with Crippen LogP contribution < -0.4 is 5.73 Å². The molecule has 1 unspecified atom stereocenters. The fourth-order valence-corrected chi connectivity index (χ4v) is 1.11. The molecule has 1 rings (SSSR count). The van der Waals surface area contributed by atoms with Crippen LogP contribution in [-0.4, -0.2) is 11.1 Å². The van der Waals surface area contributed by atoms with E-state index in [0.29, 0.717) is 5.76 Å². The smallest absolute Gasteiger partial charge is 0.311 e. The van der Waals surface area contributed by atoms with Crippen molar-refractivity contribution in [3.8, 4) is 0 Å². The van der Waals surface area contributed by atoms with Crippen LogP contribution in [0.3, 0.4) is 0 Å². The van der Waals surface area contributed by atoms with Gasteiger partial charge in [0.15, 0.2) is 0 Å². The summed E-state index contributed by atoms with van der Waals surface area (Å²) in [5, 5.41) is 8.96. The van der Waals surface area contributed by atoms with E-state index in [0.717, 1.165) is 5.76 Å². The summed E-state index contributed by atoms with van der Waals surface area (Å²) in [6.07, 6.45) is 0. The summed E-state index contributed by atoms with van der Waals surface area (Å²) in [7, 11) is 0. The van der Waals surface area contributed by atoms with Gasteiger partial charge in [-0.05, 0) is 32.9 Å². The normalized spacial score (nSPS) is 14.0. The summed E-state index contributed by atoms with van der Waals surface area (Å²) in [4.78, 5) is 10.9. The number of hydrogen-bond donors (Lipinski definition) is 2. The summed E-state index contributed by atoms with van der Waals surface area (Å²) >= 11 is 0. The van der Waals surface area contributed by atoms with Gasteiger partial charge in [0.05, 0.1) is 11.5 Å². The molecule has 0 aliphatic heterocycles. The molecule has 0 amide bonds. The first-order chi connectivity index (χ1) is 6.35. The van der Waals surface area contributed by atoms with Crippen LogP contribution in [0.1, 0.15) is 31.4 Å². The van der Waals surface area contributed by atoms with E-state index in [9.17, 15) is 4.79 Å². The van der Waals surface area contributed by atoms with Gasteiger partial charge in [-0.15, -0.1) is 0 Å². The number of carboxylic acids is 1. The molecule has 0 bridgehead atoms. The Morgan fingerprint density at radius 3 is 2.50 bits per heavy atom. The van der Waals surface area contributed by atoms with Gasteiger partial charge in [0, 0.05) is 0 Å². The minimum Gasteiger partial charge on any atom is -0.481 e. The highest BCUT2D eigenvalue weighted by atomic mass is 16.4. The maximum atomic E-state index is 10.9. The van der Waals surface area contributed by atoms with Gasteiger partial charge < -0.3 is 15.3 Å². The van der Waals surface area contributed by atoms with Crippen LogP contribution >= 0.6 is 0 Å². The van der Waals surface area contributed by atoms with Gasteiger partial charge in [-0.2, -0.15) is 0 Å². The SMILES string of the molecule is Cc1ccc(C(N)C(C)(C)C(=O)O)o1. The minimum absolute atomic E-state index is 0.509. The van der Waals surface area contributed by atoms with E-state index in [1.54, 1.807) is 32.9 Å².